The minimum atomic E-state index is 0.104. The Morgan fingerprint density at radius 2 is 2.23 bits per heavy atom. The van der Waals surface area contributed by atoms with E-state index in [0.29, 0.717) is 16.9 Å². The lowest BCUT2D eigenvalue weighted by Gasteiger charge is -2.27. The zero-order chi connectivity index (χ0) is 18.4. The molecule has 0 spiro atoms. The van der Waals surface area contributed by atoms with E-state index in [1.54, 1.807) is 0 Å². The maximum Gasteiger partial charge on any atom is 0.277 e. The van der Waals surface area contributed by atoms with Crippen LogP contribution in [-0.2, 0) is 4.79 Å². The van der Waals surface area contributed by atoms with Crippen LogP contribution in [0.2, 0.25) is 0 Å². The molecule has 0 saturated heterocycles. The van der Waals surface area contributed by atoms with Crippen molar-refractivity contribution < 1.29 is 9.21 Å². The molecule has 0 bridgehead atoms. The molecular weight excluding hydrogens is 414 g/mol. The van der Waals surface area contributed by atoms with Gasteiger partial charge in [0, 0.05) is 22.3 Å². The van der Waals surface area contributed by atoms with Gasteiger partial charge in [0.1, 0.15) is 0 Å². The van der Waals surface area contributed by atoms with E-state index in [1.807, 2.05) is 29.2 Å². The van der Waals surface area contributed by atoms with Crippen molar-refractivity contribution in [3.8, 4) is 11.5 Å². The number of halogens is 1. The molecule has 138 valence electrons. The molecule has 0 radical (unpaired) electrons. The molecule has 5 nitrogen and oxygen atoms in total. The summed E-state index contributed by atoms with van der Waals surface area (Å²) >= 11 is 4.73. The van der Waals surface area contributed by atoms with Crippen molar-refractivity contribution in [3.63, 3.8) is 0 Å². The number of aromatic nitrogens is 2. The van der Waals surface area contributed by atoms with Crippen molar-refractivity contribution >= 4 is 33.6 Å². The topological polar surface area (TPSA) is 59.2 Å². The van der Waals surface area contributed by atoms with Crippen molar-refractivity contribution in [2.45, 2.75) is 44.3 Å². The summed E-state index contributed by atoms with van der Waals surface area (Å²) in [6.45, 7) is 2.86. The molecule has 1 aromatic carbocycles. The molecule has 1 heterocycles. The predicted octanol–water partition coefficient (Wildman–Crippen LogP) is 5.29. The summed E-state index contributed by atoms with van der Waals surface area (Å²) in [7, 11) is 0. The average Bonchev–Trinajstić information content (AvgIpc) is 3.14. The Labute approximate surface area is 166 Å². The van der Waals surface area contributed by atoms with Crippen LogP contribution in [0.1, 0.15) is 39.0 Å². The van der Waals surface area contributed by atoms with Gasteiger partial charge in [-0.05, 0) is 50.3 Å². The van der Waals surface area contributed by atoms with Crippen LogP contribution < -0.4 is 0 Å². The summed E-state index contributed by atoms with van der Waals surface area (Å²) in [5.41, 5.74) is 2.02. The zero-order valence-corrected chi connectivity index (χ0v) is 17.2. The number of nitrogens with zero attached hydrogens (tertiary/aromatic N) is 3. The molecule has 0 unspecified atom stereocenters. The summed E-state index contributed by atoms with van der Waals surface area (Å²) in [5.74, 6) is 0.867. The van der Waals surface area contributed by atoms with E-state index in [9.17, 15) is 4.79 Å². The quantitative estimate of drug-likeness (QED) is 0.552. The van der Waals surface area contributed by atoms with Crippen molar-refractivity contribution in [2.24, 2.45) is 0 Å². The minimum Gasteiger partial charge on any atom is -0.411 e. The average molecular weight is 436 g/mol. The Bertz CT molecular complexity index is 791. The van der Waals surface area contributed by atoms with Crippen LogP contribution in [0.25, 0.3) is 11.5 Å². The molecule has 1 aliphatic rings. The predicted molar refractivity (Wildman–Crippen MR) is 107 cm³/mol. The fourth-order valence-corrected chi connectivity index (χ4v) is 3.96. The first kappa shape index (κ1) is 19.2. The van der Waals surface area contributed by atoms with Gasteiger partial charge in [-0.15, -0.1) is 10.2 Å². The van der Waals surface area contributed by atoms with Crippen LogP contribution in [-0.4, -0.2) is 33.3 Å². The first-order valence-electron chi connectivity index (χ1n) is 8.89. The van der Waals surface area contributed by atoms with Gasteiger partial charge in [-0.25, -0.2) is 0 Å². The van der Waals surface area contributed by atoms with Gasteiger partial charge in [0.2, 0.25) is 11.8 Å². The molecular formula is C19H22BrN3O2S. The molecule has 0 atom stereocenters. The Morgan fingerprint density at radius 3 is 2.96 bits per heavy atom. The summed E-state index contributed by atoms with van der Waals surface area (Å²) < 4.78 is 6.65. The molecule has 7 heteroatoms. The minimum absolute atomic E-state index is 0.104. The standard InChI is InChI=1S/C19H22BrN3O2S/c1-2-11-23(16-9-4-3-5-10-16)17(24)13-26-19-22-21-18(25-19)14-7-6-8-15(20)12-14/h6-9,12H,2-5,10-11,13H2,1H3. The highest BCUT2D eigenvalue weighted by molar-refractivity contribution is 9.10. The van der Waals surface area contributed by atoms with Crippen molar-refractivity contribution in [1.29, 1.82) is 0 Å². The van der Waals surface area contributed by atoms with E-state index in [4.69, 9.17) is 4.42 Å². The van der Waals surface area contributed by atoms with Gasteiger partial charge in [0.05, 0.1) is 5.75 Å². The number of benzene rings is 1. The smallest absolute Gasteiger partial charge is 0.277 e. The summed E-state index contributed by atoms with van der Waals surface area (Å²) in [6, 6.07) is 7.69. The van der Waals surface area contributed by atoms with Gasteiger partial charge in [-0.2, -0.15) is 0 Å². The molecule has 2 aromatic rings. The largest absolute Gasteiger partial charge is 0.411 e. The summed E-state index contributed by atoms with van der Waals surface area (Å²) in [4.78, 5) is 14.6. The number of carbonyl (C=O) groups excluding carboxylic acids is 1. The van der Waals surface area contributed by atoms with Gasteiger partial charge < -0.3 is 9.32 Å². The number of carbonyl (C=O) groups is 1. The Hall–Kier alpha value is -1.60. The monoisotopic (exact) mass is 435 g/mol. The highest BCUT2D eigenvalue weighted by atomic mass is 79.9. The van der Waals surface area contributed by atoms with E-state index in [0.717, 1.165) is 42.3 Å². The Balaban J connectivity index is 1.62. The Morgan fingerprint density at radius 1 is 1.35 bits per heavy atom. The number of thioether (sulfide) groups is 1. The van der Waals surface area contributed by atoms with E-state index in [-0.39, 0.29) is 5.91 Å². The number of hydrogen-bond donors (Lipinski definition) is 0. The molecule has 3 rings (SSSR count). The van der Waals surface area contributed by atoms with Gasteiger partial charge in [-0.1, -0.05) is 46.8 Å². The van der Waals surface area contributed by atoms with Gasteiger partial charge >= 0.3 is 0 Å². The second-order valence-electron chi connectivity index (χ2n) is 6.16. The Kier molecular flexibility index (Phi) is 6.91. The van der Waals surface area contributed by atoms with Crippen LogP contribution in [0.3, 0.4) is 0 Å². The molecule has 1 aromatic heterocycles. The van der Waals surface area contributed by atoms with E-state index < -0.39 is 0 Å². The third-order valence-electron chi connectivity index (χ3n) is 4.16. The van der Waals surface area contributed by atoms with Crippen molar-refractivity contribution in [3.05, 3.63) is 40.5 Å². The second-order valence-corrected chi connectivity index (χ2v) is 8.00. The normalized spacial score (nSPS) is 14.2. The summed E-state index contributed by atoms with van der Waals surface area (Å²) in [5, 5.41) is 8.56. The maximum atomic E-state index is 12.7. The molecule has 1 amide bonds. The van der Waals surface area contributed by atoms with Crippen LogP contribution in [0.4, 0.5) is 0 Å². The highest BCUT2D eigenvalue weighted by Gasteiger charge is 2.20. The van der Waals surface area contributed by atoms with Gasteiger partial charge in [0.15, 0.2) is 0 Å². The summed E-state index contributed by atoms with van der Waals surface area (Å²) in [6.07, 6.45) is 7.58. The maximum absolute atomic E-state index is 12.7. The number of hydrogen-bond acceptors (Lipinski definition) is 5. The van der Waals surface area contributed by atoms with Crippen LogP contribution in [0, 0.1) is 0 Å². The number of amides is 1. The zero-order valence-electron chi connectivity index (χ0n) is 14.8. The lowest BCUT2D eigenvalue weighted by atomic mass is 10.0. The van der Waals surface area contributed by atoms with Gasteiger partial charge in [-0.3, -0.25) is 4.79 Å². The van der Waals surface area contributed by atoms with E-state index in [1.165, 1.54) is 23.9 Å². The third kappa shape index (κ3) is 4.98. The van der Waals surface area contributed by atoms with E-state index >= 15 is 0 Å². The highest BCUT2D eigenvalue weighted by Crippen LogP contribution is 2.27. The fourth-order valence-electron chi connectivity index (χ4n) is 2.93. The SMILES string of the molecule is CCCN(C(=O)CSc1nnc(-c2cccc(Br)c2)o1)C1=CCCCC1. The third-order valence-corrected chi connectivity index (χ3v) is 5.46. The van der Waals surface area contributed by atoms with Crippen LogP contribution in [0.15, 0.2) is 50.2 Å². The molecule has 26 heavy (non-hydrogen) atoms. The first-order chi connectivity index (χ1) is 12.7. The second kappa shape index (κ2) is 9.37. The van der Waals surface area contributed by atoms with Crippen molar-refractivity contribution in [1.82, 2.24) is 15.1 Å². The lowest BCUT2D eigenvalue weighted by Crippen LogP contribution is -2.33. The number of rotatable bonds is 7. The molecule has 0 saturated carbocycles. The van der Waals surface area contributed by atoms with Crippen molar-refractivity contribution in [2.75, 3.05) is 12.3 Å². The first-order valence-corrected chi connectivity index (χ1v) is 10.7. The number of allylic oxidation sites excluding steroid dienone is 2. The van der Waals surface area contributed by atoms with Crippen LogP contribution in [0.5, 0.6) is 0 Å². The lowest BCUT2D eigenvalue weighted by molar-refractivity contribution is -0.126. The molecule has 1 aliphatic carbocycles. The molecule has 0 aliphatic heterocycles. The van der Waals surface area contributed by atoms with Gasteiger partial charge in [0.25, 0.3) is 5.22 Å². The van der Waals surface area contributed by atoms with Crippen LogP contribution >= 0.6 is 27.7 Å². The molecule has 0 N–H and O–H groups in total. The fraction of sp³-hybridized carbons (Fsp3) is 0.421. The molecule has 0 fully saturated rings. The van der Waals surface area contributed by atoms with E-state index in [2.05, 4.69) is 39.1 Å².